The molecule has 1 fully saturated rings. The Hall–Kier alpha value is -1.72. The second kappa shape index (κ2) is 4.75. The van der Waals surface area contributed by atoms with Crippen molar-refractivity contribution >= 4 is 5.91 Å². The lowest BCUT2D eigenvalue weighted by molar-refractivity contribution is -0.137. The first kappa shape index (κ1) is 13.7. The van der Waals surface area contributed by atoms with Crippen LogP contribution in [0.4, 0.5) is 13.2 Å². The van der Waals surface area contributed by atoms with Crippen molar-refractivity contribution in [1.82, 2.24) is 4.90 Å². The zero-order chi connectivity index (χ0) is 14.2. The molecule has 3 nitrogen and oxygen atoms in total. The number of rotatable bonds is 3. The molecular weight excluding hydrogens is 259 g/mol. The summed E-state index contributed by atoms with van der Waals surface area (Å²) < 4.78 is 43.4. The number of benzene rings is 1. The van der Waals surface area contributed by atoms with Gasteiger partial charge in [-0.15, -0.1) is 0 Å². The molecule has 1 aromatic carbocycles. The lowest BCUT2D eigenvalue weighted by atomic mass is 10.1. The second-order valence-electron chi connectivity index (χ2n) is 4.73. The highest BCUT2D eigenvalue weighted by Crippen LogP contribution is 2.36. The molecule has 1 aliphatic carbocycles. The van der Waals surface area contributed by atoms with Crippen molar-refractivity contribution in [3.05, 3.63) is 29.3 Å². The molecule has 0 saturated heterocycles. The Morgan fingerprint density at radius 1 is 1.32 bits per heavy atom. The fourth-order valence-electron chi connectivity index (χ4n) is 1.58. The molecule has 0 spiro atoms. The zero-order valence-electron chi connectivity index (χ0n) is 10.6. The largest absolute Gasteiger partial charge is 0.490 e. The van der Waals surface area contributed by atoms with Crippen LogP contribution < -0.4 is 4.74 Å². The van der Waals surface area contributed by atoms with Crippen LogP contribution in [0.25, 0.3) is 0 Å². The molecule has 0 aliphatic heterocycles. The minimum absolute atomic E-state index is 0.0102. The number of hydrogen-bond donors (Lipinski definition) is 0. The number of ether oxygens (including phenoxy) is 1. The number of alkyl halides is 3. The standard InChI is InChI=1S/C13H14F3NO2/c1-17(2)12(18)10-6-3-8(13(14,15)16)7-11(10)19-9-4-5-9/h3,6-7,9H,4-5H2,1-2H3. The minimum Gasteiger partial charge on any atom is -0.490 e. The third-order valence-electron chi connectivity index (χ3n) is 2.76. The molecule has 0 N–H and O–H groups in total. The van der Waals surface area contributed by atoms with Crippen molar-refractivity contribution in [3.63, 3.8) is 0 Å². The first-order valence-corrected chi connectivity index (χ1v) is 5.88. The van der Waals surface area contributed by atoms with Crippen molar-refractivity contribution in [2.75, 3.05) is 14.1 Å². The van der Waals surface area contributed by atoms with Gasteiger partial charge in [0.15, 0.2) is 0 Å². The summed E-state index contributed by atoms with van der Waals surface area (Å²) in [6.45, 7) is 0. The lowest BCUT2D eigenvalue weighted by Crippen LogP contribution is -2.23. The highest BCUT2D eigenvalue weighted by molar-refractivity contribution is 5.96. The molecule has 0 unspecified atom stereocenters. The van der Waals surface area contributed by atoms with Crippen LogP contribution in [0.1, 0.15) is 28.8 Å². The average Bonchev–Trinajstić information content (AvgIpc) is 3.10. The lowest BCUT2D eigenvalue weighted by Gasteiger charge is -2.16. The van der Waals surface area contributed by atoms with Crippen LogP contribution in [0, 0.1) is 0 Å². The van der Waals surface area contributed by atoms with Gasteiger partial charge in [0, 0.05) is 14.1 Å². The van der Waals surface area contributed by atoms with E-state index in [-0.39, 0.29) is 23.3 Å². The summed E-state index contributed by atoms with van der Waals surface area (Å²) in [6.07, 6.45) is -2.89. The van der Waals surface area contributed by atoms with Gasteiger partial charge in [-0.25, -0.2) is 0 Å². The summed E-state index contributed by atoms with van der Waals surface area (Å²) in [7, 11) is 3.09. The van der Waals surface area contributed by atoms with E-state index in [2.05, 4.69) is 0 Å². The molecule has 1 aliphatic rings. The Morgan fingerprint density at radius 2 is 1.95 bits per heavy atom. The van der Waals surface area contributed by atoms with Gasteiger partial charge in [-0.1, -0.05) is 0 Å². The van der Waals surface area contributed by atoms with Crippen molar-refractivity contribution in [2.24, 2.45) is 0 Å². The van der Waals surface area contributed by atoms with Gasteiger partial charge in [-0.05, 0) is 31.0 Å². The average molecular weight is 273 g/mol. The maximum atomic E-state index is 12.7. The zero-order valence-corrected chi connectivity index (χ0v) is 10.6. The molecular formula is C13H14F3NO2. The topological polar surface area (TPSA) is 29.5 Å². The molecule has 1 amide bonds. The van der Waals surface area contributed by atoms with Crippen molar-refractivity contribution in [1.29, 1.82) is 0 Å². The van der Waals surface area contributed by atoms with E-state index in [0.717, 1.165) is 25.0 Å². The molecule has 0 aromatic heterocycles. The Kier molecular flexibility index (Phi) is 3.43. The molecule has 0 heterocycles. The van der Waals surface area contributed by atoms with E-state index < -0.39 is 11.7 Å². The number of amides is 1. The Balaban J connectivity index is 2.39. The summed E-state index contributed by atoms with van der Waals surface area (Å²) in [5, 5.41) is 0. The number of carbonyl (C=O) groups excluding carboxylic acids is 1. The van der Waals surface area contributed by atoms with Gasteiger partial charge in [-0.2, -0.15) is 13.2 Å². The molecule has 104 valence electrons. The summed E-state index contributed by atoms with van der Waals surface area (Å²) in [5.74, 6) is -0.361. The quantitative estimate of drug-likeness (QED) is 0.847. The maximum Gasteiger partial charge on any atom is 0.416 e. The number of hydrogen-bond acceptors (Lipinski definition) is 2. The fraction of sp³-hybridized carbons (Fsp3) is 0.462. The van der Waals surface area contributed by atoms with E-state index in [1.54, 1.807) is 14.1 Å². The second-order valence-corrected chi connectivity index (χ2v) is 4.73. The van der Waals surface area contributed by atoms with Crippen LogP contribution in [0.2, 0.25) is 0 Å². The van der Waals surface area contributed by atoms with E-state index >= 15 is 0 Å². The van der Waals surface area contributed by atoms with Crippen LogP contribution >= 0.6 is 0 Å². The van der Waals surface area contributed by atoms with E-state index in [1.807, 2.05) is 0 Å². The SMILES string of the molecule is CN(C)C(=O)c1ccc(C(F)(F)F)cc1OC1CC1. The first-order valence-electron chi connectivity index (χ1n) is 5.88. The predicted molar refractivity (Wildman–Crippen MR) is 63.1 cm³/mol. The van der Waals surface area contributed by atoms with Gasteiger partial charge in [0.25, 0.3) is 5.91 Å². The van der Waals surface area contributed by atoms with E-state index in [9.17, 15) is 18.0 Å². The van der Waals surface area contributed by atoms with Crippen LogP contribution in [0.15, 0.2) is 18.2 Å². The Bertz CT molecular complexity index is 493. The Labute approximate surface area is 109 Å². The van der Waals surface area contributed by atoms with Gasteiger partial charge >= 0.3 is 6.18 Å². The van der Waals surface area contributed by atoms with Gasteiger partial charge in [-0.3, -0.25) is 4.79 Å². The summed E-state index contributed by atoms with van der Waals surface area (Å²) >= 11 is 0. The van der Waals surface area contributed by atoms with Crippen LogP contribution in [-0.4, -0.2) is 31.0 Å². The van der Waals surface area contributed by atoms with Gasteiger partial charge < -0.3 is 9.64 Å². The third kappa shape index (κ3) is 3.19. The van der Waals surface area contributed by atoms with E-state index in [0.29, 0.717) is 0 Å². The van der Waals surface area contributed by atoms with E-state index in [4.69, 9.17) is 4.74 Å². The van der Waals surface area contributed by atoms with Crippen LogP contribution in [-0.2, 0) is 6.18 Å². The molecule has 6 heteroatoms. The fourth-order valence-corrected chi connectivity index (χ4v) is 1.58. The summed E-state index contributed by atoms with van der Waals surface area (Å²) in [5.41, 5.74) is -0.650. The molecule has 0 atom stereocenters. The van der Waals surface area contributed by atoms with Gasteiger partial charge in [0.1, 0.15) is 5.75 Å². The minimum atomic E-state index is -4.44. The number of carbonyl (C=O) groups is 1. The molecule has 0 radical (unpaired) electrons. The Morgan fingerprint density at radius 3 is 2.42 bits per heavy atom. The first-order chi connectivity index (χ1) is 8.79. The van der Waals surface area contributed by atoms with Crippen LogP contribution in [0.3, 0.4) is 0 Å². The molecule has 1 saturated carbocycles. The number of halogens is 3. The van der Waals surface area contributed by atoms with Crippen LogP contribution in [0.5, 0.6) is 5.75 Å². The molecule has 2 rings (SSSR count). The smallest absolute Gasteiger partial charge is 0.416 e. The van der Waals surface area contributed by atoms with Gasteiger partial charge in [0.2, 0.25) is 0 Å². The van der Waals surface area contributed by atoms with Gasteiger partial charge in [0.05, 0.1) is 17.2 Å². The summed E-state index contributed by atoms with van der Waals surface area (Å²) in [6, 6.07) is 2.97. The predicted octanol–water partition coefficient (Wildman–Crippen LogP) is 2.95. The van der Waals surface area contributed by atoms with Crippen molar-refractivity contribution in [3.8, 4) is 5.75 Å². The molecule has 19 heavy (non-hydrogen) atoms. The van der Waals surface area contributed by atoms with E-state index in [1.165, 1.54) is 11.0 Å². The summed E-state index contributed by atoms with van der Waals surface area (Å²) in [4.78, 5) is 13.2. The maximum absolute atomic E-state index is 12.7. The normalized spacial score (nSPS) is 15.2. The molecule has 1 aromatic rings. The van der Waals surface area contributed by atoms with Crippen molar-refractivity contribution < 1.29 is 22.7 Å². The third-order valence-corrected chi connectivity index (χ3v) is 2.76. The highest BCUT2D eigenvalue weighted by atomic mass is 19.4. The number of nitrogens with zero attached hydrogens (tertiary/aromatic N) is 1. The van der Waals surface area contributed by atoms with Crippen molar-refractivity contribution in [2.45, 2.75) is 25.1 Å². The molecule has 0 bridgehead atoms. The highest BCUT2D eigenvalue weighted by Gasteiger charge is 2.33. The monoisotopic (exact) mass is 273 g/mol.